The van der Waals surface area contributed by atoms with Crippen molar-refractivity contribution in [3.05, 3.63) is 71.2 Å². The van der Waals surface area contributed by atoms with Gasteiger partial charge in [0.25, 0.3) is 0 Å². The van der Waals surface area contributed by atoms with Crippen molar-refractivity contribution in [3.8, 4) is 6.07 Å². The summed E-state index contributed by atoms with van der Waals surface area (Å²) in [7, 11) is 0. The predicted molar refractivity (Wildman–Crippen MR) is 78.1 cm³/mol. The molecule has 0 spiro atoms. The summed E-state index contributed by atoms with van der Waals surface area (Å²) in [6, 6.07) is 13.9. The molecule has 3 nitrogen and oxygen atoms in total. The Kier molecular flexibility index (Phi) is 3.43. The number of para-hydroxylation sites is 1. The van der Waals surface area contributed by atoms with Gasteiger partial charge < -0.3 is 9.67 Å². The molecule has 21 heavy (non-hydrogen) atoms. The van der Waals surface area contributed by atoms with E-state index in [0.29, 0.717) is 17.7 Å². The molecule has 0 saturated heterocycles. The second-order valence-electron chi connectivity index (χ2n) is 4.87. The number of fused-ring (bicyclic) bond motifs is 1. The lowest BCUT2D eigenvalue weighted by atomic mass is 10.1. The van der Waals surface area contributed by atoms with Gasteiger partial charge in [0.05, 0.1) is 23.8 Å². The first-order valence-electron chi connectivity index (χ1n) is 6.59. The van der Waals surface area contributed by atoms with Crippen LogP contribution >= 0.6 is 0 Å². The maximum Gasteiger partial charge on any atom is 0.123 e. The number of hydrogen-bond acceptors (Lipinski definition) is 2. The second-order valence-corrected chi connectivity index (χ2v) is 4.87. The topological polar surface area (TPSA) is 49.0 Å². The lowest BCUT2D eigenvalue weighted by Gasteiger charge is -2.10. The van der Waals surface area contributed by atoms with Gasteiger partial charge in [-0.05, 0) is 35.2 Å². The van der Waals surface area contributed by atoms with Crippen molar-refractivity contribution in [1.29, 1.82) is 5.26 Å². The number of rotatable bonds is 3. The molecular formula is C17H13FN2O. The third kappa shape index (κ3) is 2.39. The van der Waals surface area contributed by atoms with Crippen molar-refractivity contribution in [2.75, 3.05) is 0 Å². The summed E-state index contributed by atoms with van der Waals surface area (Å²) in [5, 5.41) is 19.6. The summed E-state index contributed by atoms with van der Waals surface area (Å²) in [5.74, 6) is -0.358. The summed E-state index contributed by atoms with van der Waals surface area (Å²) in [4.78, 5) is 0. The van der Waals surface area contributed by atoms with Crippen LogP contribution in [0.25, 0.3) is 10.9 Å². The molecule has 0 aliphatic carbocycles. The van der Waals surface area contributed by atoms with Gasteiger partial charge in [-0.1, -0.05) is 18.2 Å². The van der Waals surface area contributed by atoms with Crippen molar-refractivity contribution >= 4 is 10.9 Å². The van der Waals surface area contributed by atoms with Crippen molar-refractivity contribution in [3.63, 3.8) is 0 Å². The zero-order valence-corrected chi connectivity index (χ0v) is 11.3. The summed E-state index contributed by atoms with van der Waals surface area (Å²) < 4.78 is 15.3. The molecule has 0 fully saturated rings. The zero-order valence-electron chi connectivity index (χ0n) is 11.3. The van der Waals surface area contributed by atoms with Crippen LogP contribution in [-0.4, -0.2) is 9.67 Å². The Labute approximate surface area is 121 Å². The highest BCUT2D eigenvalue weighted by atomic mass is 19.1. The predicted octanol–water partition coefficient (Wildman–Crippen LogP) is 3.19. The molecule has 1 N–H and O–H groups in total. The molecule has 3 aromatic rings. The van der Waals surface area contributed by atoms with Crippen LogP contribution in [0.5, 0.6) is 0 Å². The molecule has 0 aliphatic rings. The lowest BCUT2D eigenvalue weighted by Crippen LogP contribution is -2.03. The third-order valence-electron chi connectivity index (χ3n) is 3.57. The van der Waals surface area contributed by atoms with Crippen LogP contribution in [0.1, 0.15) is 16.7 Å². The van der Waals surface area contributed by atoms with E-state index in [4.69, 9.17) is 5.26 Å². The highest BCUT2D eigenvalue weighted by molar-refractivity contribution is 5.83. The average Bonchev–Trinajstić information content (AvgIpc) is 2.91. The number of aliphatic hydroxyl groups is 1. The summed E-state index contributed by atoms with van der Waals surface area (Å²) in [6.45, 7) is 0.330. The fourth-order valence-electron chi connectivity index (χ4n) is 2.59. The number of benzene rings is 2. The first-order valence-corrected chi connectivity index (χ1v) is 6.59. The number of aromatic nitrogens is 1. The van der Waals surface area contributed by atoms with Gasteiger partial charge in [0.1, 0.15) is 5.82 Å². The highest BCUT2D eigenvalue weighted by Gasteiger charge is 2.09. The SMILES string of the molecule is N#Cc1ccc(F)cc1Cn1ccc2cccc(CO)c21. The maximum absolute atomic E-state index is 13.4. The molecule has 1 heterocycles. The molecule has 2 aromatic carbocycles. The van der Waals surface area contributed by atoms with Crippen molar-refractivity contribution in [1.82, 2.24) is 4.57 Å². The molecular weight excluding hydrogens is 267 g/mol. The molecule has 0 radical (unpaired) electrons. The van der Waals surface area contributed by atoms with Gasteiger partial charge in [-0.15, -0.1) is 0 Å². The van der Waals surface area contributed by atoms with Crippen LogP contribution < -0.4 is 0 Å². The molecule has 0 aliphatic heterocycles. The van der Waals surface area contributed by atoms with E-state index in [2.05, 4.69) is 6.07 Å². The minimum absolute atomic E-state index is 0.0599. The monoisotopic (exact) mass is 280 g/mol. The van der Waals surface area contributed by atoms with E-state index in [0.717, 1.165) is 16.5 Å². The van der Waals surface area contributed by atoms with Crippen LogP contribution in [0.3, 0.4) is 0 Å². The lowest BCUT2D eigenvalue weighted by molar-refractivity contribution is 0.283. The van der Waals surface area contributed by atoms with Gasteiger partial charge in [0, 0.05) is 18.3 Å². The van der Waals surface area contributed by atoms with Gasteiger partial charge >= 0.3 is 0 Å². The minimum atomic E-state index is -0.358. The Bertz CT molecular complexity index is 846. The van der Waals surface area contributed by atoms with Crippen LogP contribution in [0.4, 0.5) is 4.39 Å². The maximum atomic E-state index is 13.4. The number of nitrogens with zero attached hydrogens (tertiary/aromatic N) is 2. The molecule has 0 saturated carbocycles. The van der Waals surface area contributed by atoms with Gasteiger partial charge in [0.2, 0.25) is 0 Å². The molecule has 4 heteroatoms. The van der Waals surface area contributed by atoms with Gasteiger partial charge in [0.15, 0.2) is 0 Å². The van der Waals surface area contributed by atoms with E-state index in [1.165, 1.54) is 18.2 Å². The Morgan fingerprint density at radius 2 is 2.00 bits per heavy atom. The van der Waals surface area contributed by atoms with Gasteiger partial charge in [-0.3, -0.25) is 0 Å². The molecule has 1 aromatic heterocycles. The van der Waals surface area contributed by atoms with Gasteiger partial charge in [-0.25, -0.2) is 4.39 Å². The molecule has 0 unspecified atom stereocenters. The quantitative estimate of drug-likeness (QED) is 0.801. The zero-order chi connectivity index (χ0) is 14.8. The summed E-state index contributed by atoms with van der Waals surface area (Å²) in [5.41, 5.74) is 2.81. The number of hydrogen-bond donors (Lipinski definition) is 1. The Hall–Kier alpha value is -2.64. The first kappa shape index (κ1) is 13.3. The fraction of sp³-hybridized carbons (Fsp3) is 0.118. The number of nitriles is 1. The smallest absolute Gasteiger partial charge is 0.123 e. The Morgan fingerprint density at radius 3 is 2.76 bits per heavy atom. The third-order valence-corrected chi connectivity index (χ3v) is 3.57. The largest absolute Gasteiger partial charge is 0.392 e. The van der Waals surface area contributed by atoms with Gasteiger partial charge in [-0.2, -0.15) is 5.26 Å². The van der Waals surface area contributed by atoms with Crippen LogP contribution in [0, 0.1) is 17.1 Å². The number of aliphatic hydroxyl groups excluding tert-OH is 1. The van der Waals surface area contributed by atoms with Crippen molar-refractivity contribution < 1.29 is 9.50 Å². The highest BCUT2D eigenvalue weighted by Crippen LogP contribution is 2.22. The second kappa shape index (κ2) is 5.39. The Balaban J connectivity index is 2.11. The normalized spacial score (nSPS) is 10.7. The number of halogens is 1. The van der Waals surface area contributed by atoms with E-state index < -0.39 is 0 Å². The molecule has 0 bridgehead atoms. The van der Waals surface area contributed by atoms with E-state index in [9.17, 15) is 9.50 Å². The van der Waals surface area contributed by atoms with Crippen LogP contribution in [0.15, 0.2) is 48.7 Å². The molecule has 3 rings (SSSR count). The van der Waals surface area contributed by atoms with E-state index in [1.54, 1.807) is 0 Å². The van der Waals surface area contributed by atoms with E-state index in [-0.39, 0.29) is 12.4 Å². The average molecular weight is 280 g/mol. The minimum Gasteiger partial charge on any atom is -0.392 e. The molecule has 0 atom stereocenters. The fourth-order valence-corrected chi connectivity index (χ4v) is 2.59. The summed E-state index contributed by atoms with van der Waals surface area (Å²) in [6.07, 6.45) is 1.88. The van der Waals surface area contributed by atoms with E-state index >= 15 is 0 Å². The molecule has 0 amide bonds. The summed E-state index contributed by atoms with van der Waals surface area (Å²) >= 11 is 0. The Morgan fingerprint density at radius 1 is 1.14 bits per heavy atom. The van der Waals surface area contributed by atoms with Crippen LogP contribution in [-0.2, 0) is 13.2 Å². The van der Waals surface area contributed by atoms with Crippen molar-refractivity contribution in [2.24, 2.45) is 0 Å². The van der Waals surface area contributed by atoms with Crippen LogP contribution in [0.2, 0.25) is 0 Å². The molecule has 104 valence electrons. The first-order chi connectivity index (χ1) is 10.2. The van der Waals surface area contributed by atoms with Crippen molar-refractivity contribution in [2.45, 2.75) is 13.2 Å². The standard InChI is InChI=1S/C17H13FN2O/c18-16-5-4-13(9-19)15(8-16)10-20-7-6-12-2-1-3-14(11-21)17(12)20/h1-8,21H,10-11H2. The van der Waals surface area contributed by atoms with E-state index in [1.807, 2.05) is 35.0 Å².